The molecule has 2 N–H and O–H groups in total. The molecular formula is C12H12N2O2S2. The fraction of sp³-hybridized carbons (Fsp3) is 0.333. The monoisotopic (exact) mass is 280 g/mol. The summed E-state index contributed by atoms with van der Waals surface area (Å²) in [5.74, 6) is 0. The molecular weight excluding hydrogens is 268 g/mol. The molecule has 0 saturated heterocycles. The molecule has 0 aliphatic heterocycles. The molecule has 4 nitrogen and oxygen atoms in total. The SMILES string of the molecule is Cc1nc2c(s1)CCc1c(OC(N)=O)sc(C)c1-2. The Bertz CT molecular complexity index is 643. The molecule has 1 aliphatic rings. The van der Waals surface area contributed by atoms with Gasteiger partial charge >= 0.3 is 6.09 Å². The van der Waals surface area contributed by atoms with Crippen molar-refractivity contribution < 1.29 is 9.53 Å². The van der Waals surface area contributed by atoms with Crippen molar-refractivity contribution in [2.45, 2.75) is 26.7 Å². The lowest BCUT2D eigenvalue weighted by Crippen LogP contribution is -2.16. The largest absolute Gasteiger partial charge is 0.410 e. The van der Waals surface area contributed by atoms with Gasteiger partial charge in [0.2, 0.25) is 0 Å². The third-order valence-corrected chi connectivity index (χ3v) is 5.04. The minimum atomic E-state index is -0.751. The lowest BCUT2D eigenvalue weighted by atomic mass is 9.95. The van der Waals surface area contributed by atoms with Crippen LogP contribution >= 0.6 is 22.7 Å². The molecule has 2 heterocycles. The number of ether oxygens (including phenoxy) is 1. The first kappa shape index (κ1) is 11.7. The Labute approximate surface area is 112 Å². The van der Waals surface area contributed by atoms with Gasteiger partial charge in [-0.15, -0.1) is 22.7 Å². The second-order valence-electron chi connectivity index (χ2n) is 4.23. The summed E-state index contributed by atoms with van der Waals surface area (Å²) in [5.41, 5.74) is 8.38. The van der Waals surface area contributed by atoms with Crippen molar-refractivity contribution in [3.63, 3.8) is 0 Å². The Kier molecular flexibility index (Phi) is 2.64. The molecule has 18 heavy (non-hydrogen) atoms. The summed E-state index contributed by atoms with van der Waals surface area (Å²) in [6.07, 6.45) is 1.09. The van der Waals surface area contributed by atoms with Crippen LogP contribution < -0.4 is 10.5 Å². The summed E-state index contributed by atoms with van der Waals surface area (Å²) in [6.45, 7) is 4.05. The number of aromatic nitrogens is 1. The van der Waals surface area contributed by atoms with E-state index < -0.39 is 6.09 Å². The molecule has 2 aromatic heterocycles. The second kappa shape index (κ2) is 4.07. The molecule has 0 radical (unpaired) electrons. The van der Waals surface area contributed by atoms with Crippen LogP contribution in [-0.2, 0) is 12.8 Å². The van der Waals surface area contributed by atoms with Crippen LogP contribution in [0.3, 0.4) is 0 Å². The molecule has 0 bridgehead atoms. The molecule has 1 amide bonds. The van der Waals surface area contributed by atoms with E-state index in [1.54, 1.807) is 11.3 Å². The number of hydrogen-bond acceptors (Lipinski definition) is 5. The standard InChI is InChI=1S/C12H12N2O2S2/c1-5-9-7(11(17-5)16-12(13)15)3-4-8-10(9)14-6(2)18-8/h3-4H2,1-2H3,(H2,13,15). The van der Waals surface area contributed by atoms with Gasteiger partial charge in [0, 0.05) is 20.9 Å². The van der Waals surface area contributed by atoms with E-state index in [1.165, 1.54) is 16.2 Å². The average molecular weight is 280 g/mol. The van der Waals surface area contributed by atoms with Crippen molar-refractivity contribution in [2.24, 2.45) is 5.73 Å². The molecule has 0 aromatic carbocycles. The highest BCUT2D eigenvalue weighted by Crippen LogP contribution is 2.46. The summed E-state index contributed by atoms with van der Waals surface area (Å²) >= 11 is 3.22. The lowest BCUT2D eigenvalue weighted by Gasteiger charge is -2.12. The number of thiazole rings is 1. The number of carbonyl (C=O) groups is 1. The van der Waals surface area contributed by atoms with E-state index in [9.17, 15) is 4.79 Å². The van der Waals surface area contributed by atoms with Crippen LogP contribution in [0.25, 0.3) is 11.3 Å². The Hall–Kier alpha value is -1.40. The Morgan fingerprint density at radius 1 is 1.33 bits per heavy atom. The predicted octanol–water partition coefficient (Wildman–Crippen LogP) is 3.04. The van der Waals surface area contributed by atoms with Crippen LogP contribution in [-0.4, -0.2) is 11.1 Å². The topological polar surface area (TPSA) is 65.2 Å². The average Bonchev–Trinajstić information content (AvgIpc) is 2.78. The van der Waals surface area contributed by atoms with Crippen molar-refractivity contribution >= 4 is 28.8 Å². The molecule has 0 fully saturated rings. The number of primary amides is 1. The number of carbonyl (C=O) groups excluding carboxylic acids is 1. The molecule has 3 rings (SSSR count). The zero-order chi connectivity index (χ0) is 12.9. The summed E-state index contributed by atoms with van der Waals surface area (Å²) in [4.78, 5) is 18.0. The molecule has 0 atom stereocenters. The van der Waals surface area contributed by atoms with Crippen LogP contribution in [0.2, 0.25) is 0 Å². The Morgan fingerprint density at radius 2 is 2.11 bits per heavy atom. The molecule has 0 unspecified atom stereocenters. The van der Waals surface area contributed by atoms with Gasteiger partial charge in [0.15, 0.2) is 5.06 Å². The highest BCUT2D eigenvalue weighted by molar-refractivity contribution is 7.15. The van der Waals surface area contributed by atoms with Crippen molar-refractivity contribution in [3.05, 3.63) is 20.3 Å². The van der Waals surface area contributed by atoms with Gasteiger partial charge in [0.1, 0.15) is 0 Å². The number of rotatable bonds is 1. The molecule has 1 aliphatic carbocycles. The number of hydrogen-bond donors (Lipinski definition) is 1. The van der Waals surface area contributed by atoms with Crippen LogP contribution in [0.5, 0.6) is 5.06 Å². The number of fused-ring (bicyclic) bond motifs is 3. The highest BCUT2D eigenvalue weighted by Gasteiger charge is 2.27. The molecule has 6 heteroatoms. The normalized spacial score (nSPS) is 13.0. The zero-order valence-corrected chi connectivity index (χ0v) is 11.7. The van der Waals surface area contributed by atoms with Gasteiger partial charge in [0.05, 0.1) is 10.7 Å². The summed E-state index contributed by atoms with van der Waals surface area (Å²) < 4.78 is 5.09. The first-order valence-electron chi connectivity index (χ1n) is 5.62. The number of aryl methyl sites for hydroxylation is 3. The quantitative estimate of drug-likeness (QED) is 0.873. The van der Waals surface area contributed by atoms with Crippen molar-refractivity contribution in [2.75, 3.05) is 0 Å². The van der Waals surface area contributed by atoms with E-state index in [0.717, 1.165) is 39.5 Å². The van der Waals surface area contributed by atoms with E-state index in [-0.39, 0.29) is 0 Å². The van der Waals surface area contributed by atoms with E-state index >= 15 is 0 Å². The van der Waals surface area contributed by atoms with E-state index in [4.69, 9.17) is 10.5 Å². The number of nitrogens with zero attached hydrogens (tertiary/aromatic N) is 1. The summed E-state index contributed by atoms with van der Waals surface area (Å²) in [5, 5.41) is 1.71. The molecule has 0 spiro atoms. The van der Waals surface area contributed by atoms with Crippen LogP contribution in [0, 0.1) is 13.8 Å². The van der Waals surface area contributed by atoms with Gasteiger partial charge in [-0.25, -0.2) is 9.78 Å². The van der Waals surface area contributed by atoms with Crippen LogP contribution in [0.15, 0.2) is 0 Å². The minimum absolute atomic E-state index is 0.631. The van der Waals surface area contributed by atoms with Crippen LogP contribution in [0.4, 0.5) is 4.79 Å². The molecule has 94 valence electrons. The maximum atomic E-state index is 10.9. The third kappa shape index (κ3) is 1.72. The van der Waals surface area contributed by atoms with Gasteiger partial charge in [-0.05, 0) is 26.7 Å². The first-order chi connectivity index (χ1) is 8.56. The smallest absolute Gasteiger partial charge is 0.399 e. The lowest BCUT2D eigenvalue weighted by molar-refractivity contribution is 0.212. The fourth-order valence-electron chi connectivity index (χ4n) is 2.35. The number of thiophene rings is 1. The van der Waals surface area contributed by atoms with Gasteiger partial charge < -0.3 is 10.5 Å². The number of nitrogens with two attached hydrogens (primary N) is 1. The predicted molar refractivity (Wildman–Crippen MR) is 72.5 cm³/mol. The van der Waals surface area contributed by atoms with Gasteiger partial charge in [0.25, 0.3) is 0 Å². The zero-order valence-electron chi connectivity index (χ0n) is 10.1. The maximum Gasteiger partial charge on any atom is 0.410 e. The van der Waals surface area contributed by atoms with Crippen molar-refractivity contribution in [1.29, 1.82) is 0 Å². The third-order valence-electron chi connectivity index (χ3n) is 2.98. The molecule has 2 aromatic rings. The van der Waals surface area contributed by atoms with Gasteiger partial charge in [-0.3, -0.25) is 0 Å². The summed E-state index contributed by atoms with van der Waals surface area (Å²) in [7, 11) is 0. The van der Waals surface area contributed by atoms with E-state index in [2.05, 4.69) is 4.98 Å². The van der Waals surface area contributed by atoms with E-state index in [1.807, 2.05) is 13.8 Å². The van der Waals surface area contributed by atoms with Crippen molar-refractivity contribution in [3.8, 4) is 16.3 Å². The second-order valence-corrected chi connectivity index (χ2v) is 6.70. The van der Waals surface area contributed by atoms with Crippen LogP contribution in [0.1, 0.15) is 20.3 Å². The maximum absolute atomic E-state index is 10.9. The molecule has 0 saturated carbocycles. The minimum Gasteiger partial charge on any atom is -0.399 e. The fourth-order valence-corrected chi connectivity index (χ4v) is 4.34. The van der Waals surface area contributed by atoms with E-state index in [0.29, 0.717) is 5.06 Å². The van der Waals surface area contributed by atoms with Gasteiger partial charge in [-0.2, -0.15) is 0 Å². The number of amides is 1. The summed E-state index contributed by atoms with van der Waals surface area (Å²) in [6, 6.07) is 0. The Morgan fingerprint density at radius 3 is 2.83 bits per heavy atom. The van der Waals surface area contributed by atoms with Crippen molar-refractivity contribution in [1.82, 2.24) is 4.98 Å². The highest BCUT2D eigenvalue weighted by atomic mass is 32.1. The van der Waals surface area contributed by atoms with Gasteiger partial charge in [-0.1, -0.05) is 0 Å². The Balaban J connectivity index is 2.16. The first-order valence-corrected chi connectivity index (χ1v) is 7.25.